The van der Waals surface area contributed by atoms with Crippen molar-refractivity contribution in [2.75, 3.05) is 26.2 Å². The topological polar surface area (TPSA) is 61.2 Å². The number of hydrogen-bond acceptors (Lipinski definition) is 3. The lowest BCUT2D eigenvalue weighted by atomic mass is 10.1. The molecule has 2 rings (SSSR count). The monoisotopic (exact) mass is 246 g/mol. The minimum Gasteiger partial charge on any atom is -0.492 e. The maximum Gasteiger partial charge on any atom is 0.128 e. The van der Waals surface area contributed by atoms with Gasteiger partial charge in [-0.3, -0.25) is 4.90 Å². The zero-order chi connectivity index (χ0) is 12.6. The fourth-order valence-corrected chi connectivity index (χ4v) is 2.18. The van der Waals surface area contributed by atoms with E-state index < -0.39 is 0 Å². The third-order valence-electron chi connectivity index (χ3n) is 3.13. The van der Waals surface area contributed by atoms with E-state index in [-0.39, 0.29) is 0 Å². The van der Waals surface area contributed by atoms with Crippen LogP contribution in [-0.4, -0.2) is 31.1 Å². The second-order valence-electron chi connectivity index (χ2n) is 4.41. The molecule has 0 aromatic heterocycles. The van der Waals surface area contributed by atoms with Crippen molar-refractivity contribution in [3.8, 4) is 5.75 Å². The van der Waals surface area contributed by atoms with Gasteiger partial charge in [-0.1, -0.05) is 23.7 Å². The summed E-state index contributed by atoms with van der Waals surface area (Å²) in [7, 11) is 0. The van der Waals surface area contributed by atoms with Crippen LogP contribution in [0.2, 0.25) is 0 Å². The number of ether oxygens (including phenoxy) is 1. The summed E-state index contributed by atoms with van der Waals surface area (Å²) in [5.41, 5.74) is 9.02. The summed E-state index contributed by atoms with van der Waals surface area (Å²) >= 11 is 0. The van der Waals surface area contributed by atoms with Crippen LogP contribution in [0.3, 0.4) is 0 Å². The molecule has 0 spiro atoms. The fraction of sp³-hybridized carbons (Fsp3) is 0.538. The molecule has 1 saturated heterocycles. The minimum absolute atomic E-state index is 0.554. The van der Waals surface area contributed by atoms with Crippen LogP contribution in [-0.2, 0) is 0 Å². The Hall–Kier alpha value is -1.71. The van der Waals surface area contributed by atoms with Crippen molar-refractivity contribution in [3.05, 3.63) is 34.7 Å². The number of rotatable bonds is 5. The van der Waals surface area contributed by atoms with E-state index >= 15 is 0 Å². The van der Waals surface area contributed by atoms with Gasteiger partial charge in [-0.15, -0.1) is 0 Å². The minimum atomic E-state index is 0.554. The van der Waals surface area contributed by atoms with Crippen molar-refractivity contribution in [1.82, 2.24) is 4.90 Å². The zero-order valence-corrected chi connectivity index (χ0v) is 10.5. The molecule has 1 aliphatic heterocycles. The molecular weight excluding hydrogens is 228 g/mol. The molecule has 1 heterocycles. The summed E-state index contributed by atoms with van der Waals surface area (Å²) in [5.74, 6) is 0.660. The second kappa shape index (κ2) is 6.89. The van der Waals surface area contributed by atoms with Crippen LogP contribution in [0.5, 0.6) is 5.75 Å². The number of hydrogen-bond donors (Lipinski definition) is 0. The molecule has 18 heavy (non-hydrogen) atoms. The molecule has 5 heteroatoms. The summed E-state index contributed by atoms with van der Waals surface area (Å²) in [5, 5.41) is 3.61. The first-order chi connectivity index (χ1) is 8.90. The van der Waals surface area contributed by atoms with E-state index in [9.17, 15) is 0 Å². The quantitative estimate of drug-likeness (QED) is 0.453. The Morgan fingerprint density at radius 2 is 2.00 bits per heavy atom. The highest BCUT2D eigenvalue weighted by atomic mass is 16.5. The highest BCUT2D eigenvalue weighted by molar-refractivity contribution is 5.51. The van der Waals surface area contributed by atoms with Crippen molar-refractivity contribution in [2.24, 2.45) is 5.11 Å². The molecule has 0 amide bonds. The van der Waals surface area contributed by atoms with Gasteiger partial charge in [-0.05, 0) is 43.6 Å². The smallest absolute Gasteiger partial charge is 0.128 e. The number of benzene rings is 1. The molecule has 0 unspecified atom stereocenters. The average Bonchev–Trinajstić information content (AvgIpc) is 2.42. The number of para-hydroxylation sites is 1. The molecule has 0 atom stereocenters. The first-order valence-corrected chi connectivity index (χ1v) is 6.39. The van der Waals surface area contributed by atoms with Gasteiger partial charge in [-0.2, -0.15) is 0 Å². The third kappa shape index (κ3) is 3.65. The van der Waals surface area contributed by atoms with Gasteiger partial charge in [-0.25, -0.2) is 0 Å². The standard InChI is InChI=1S/C13H18N4O/c14-16-15-12-6-2-3-7-13(12)18-11-10-17-8-4-1-5-9-17/h2-3,6-7H,1,4-5,8-11H2. The first-order valence-electron chi connectivity index (χ1n) is 6.39. The van der Waals surface area contributed by atoms with Gasteiger partial charge in [0.2, 0.25) is 0 Å². The largest absolute Gasteiger partial charge is 0.492 e. The Morgan fingerprint density at radius 1 is 1.22 bits per heavy atom. The van der Waals surface area contributed by atoms with Crippen LogP contribution in [0.15, 0.2) is 29.4 Å². The van der Waals surface area contributed by atoms with Crippen LogP contribution >= 0.6 is 0 Å². The second-order valence-corrected chi connectivity index (χ2v) is 4.41. The Bertz CT molecular complexity index is 423. The van der Waals surface area contributed by atoms with Crippen molar-refractivity contribution < 1.29 is 4.74 Å². The first kappa shape index (κ1) is 12.7. The molecule has 1 aromatic rings. The molecule has 1 aliphatic rings. The van der Waals surface area contributed by atoms with Crippen LogP contribution < -0.4 is 4.74 Å². The van der Waals surface area contributed by atoms with E-state index in [2.05, 4.69) is 14.9 Å². The van der Waals surface area contributed by atoms with Crippen LogP contribution in [0.25, 0.3) is 10.4 Å². The molecule has 96 valence electrons. The fourth-order valence-electron chi connectivity index (χ4n) is 2.18. The van der Waals surface area contributed by atoms with E-state index in [1.807, 2.05) is 18.2 Å². The Labute approximate surface area is 107 Å². The zero-order valence-electron chi connectivity index (χ0n) is 10.5. The van der Waals surface area contributed by atoms with Gasteiger partial charge in [0.05, 0.1) is 5.69 Å². The SMILES string of the molecule is [N-]=[N+]=Nc1ccccc1OCCN1CCCCC1. The number of likely N-dealkylation sites (tertiary alicyclic amines) is 1. The lowest BCUT2D eigenvalue weighted by Gasteiger charge is -2.26. The predicted octanol–water partition coefficient (Wildman–Crippen LogP) is 3.49. The molecular formula is C13H18N4O. The predicted molar refractivity (Wildman–Crippen MR) is 71.0 cm³/mol. The van der Waals surface area contributed by atoms with E-state index in [0.29, 0.717) is 18.0 Å². The molecule has 0 saturated carbocycles. The van der Waals surface area contributed by atoms with Gasteiger partial charge in [0.25, 0.3) is 0 Å². The number of piperidine rings is 1. The average molecular weight is 246 g/mol. The maximum atomic E-state index is 8.47. The molecule has 5 nitrogen and oxygen atoms in total. The van der Waals surface area contributed by atoms with Crippen molar-refractivity contribution in [1.29, 1.82) is 0 Å². The van der Waals surface area contributed by atoms with E-state index in [0.717, 1.165) is 6.54 Å². The van der Waals surface area contributed by atoms with Crippen LogP contribution in [0.1, 0.15) is 19.3 Å². The third-order valence-corrected chi connectivity index (χ3v) is 3.13. The normalized spacial score (nSPS) is 16.0. The summed E-state index contributed by atoms with van der Waals surface area (Å²) in [6.45, 7) is 3.91. The van der Waals surface area contributed by atoms with Gasteiger partial charge >= 0.3 is 0 Å². The molecule has 1 fully saturated rings. The Kier molecular flexibility index (Phi) is 4.88. The molecule has 0 N–H and O–H groups in total. The highest BCUT2D eigenvalue weighted by Crippen LogP contribution is 2.26. The summed E-state index contributed by atoms with van der Waals surface area (Å²) in [6.07, 6.45) is 3.92. The number of nitrogens with zero attached hydrogens (tertiary/aromatic N) is 4. The van der Waals surface area contributed by atoms with E-state index in [1.54, 1.807) is 6.07 Å². The van der Waals surface area contributed by atoms with Crippen molar-refractivity contribution >= 4 is 5.69 Å². The van der Waals surface area contributed by atoms with E-state index in [1.165, 1.54) is 32.4 Å². The van der Waals surface area contributed by atoms with Crippen LogP contribution in [0.4, 0.5) is 5.69 Å². The van der Waals surface area contributed by atoms with Crippen molar-refractivity contribution in [2.45, 2.75) is 19.3 Å². The van der Waals surface area contributed by atoms with Crippen molar-refractivity contribution in [3.63, 3.8) is 0 Å². The van der Waals surface area contributed by atoms with Gasteiger partial charge in [0, 0.05) is 11.5 Å². The Morgan fingerprint density at radius 3 is 2.78 bits per heavy atom. The molecule has 0 bridgehead atoms. The van der Waals surface area contributed by atoms with Crippen LogP contribution in [0, 0.1) is 0 Å². The van der Waals surface area contributed by atoms with Gasteiger partial charge < -0.3 is 4.74 Å². The summed E-state index contributed by atoms with van der Waals surface area (Å²) < 4.78 is 5.69. The molecule has 0 aliphatic carbocycles. The van der Waals surface area contributed by atoms with Gasteiger partial charge in [0.15, 0.2) is 0 Å². The molecule has 1 aromatic carbocycles. The lowest BCUT2D eigenvalue weighted by molar-refractivity contribution is 0.183. The summed E-state index contributed by atoms with van der Waals surface area (Å²) in [6, 6.07) is 7.31. The van der Waals surface area contributed by atoms with Gasteiger partial charge in [0.1, 0.15) is 12.4 Å². The highest BCUT2D eigenvalue weighted by Gasteiger charge is 2.09. The number of azide groups is 1. The summed E-state index contributed by atoms with van der Waals surface area (Å²) in [4.78, 5) is 5.22. The molecule has 0 radical (unpaired) electrons. The van der Waals surface area contributed by atoms with E-state index in [4.69, 9.17) is 10.3 Å². The lowest BCUT2D eigenvalue weighted by Crippen LogP contribution is -2.33. The Balaban J connectivity index is 1.84. The maximum absolute atomic E-state index is 8.47.